The van der Waals surface area contributed by atoms with Crippen LogP contribution in [-0.4, -0.2) is 48.6 Å². The third kappa shape index (κ3) is 3.06. The Labute approximate surface area is 113 Å². The molecule has 2 fully saturated rings. The number of nitrogens with zero attached hydrogens (tertiary/aromatic N) is 1. The van der Waals surface area contributed by atoms with E-state index in [9.17, 15) is 9.59 Å². The molecule has 1 aliphatic heterocycles. The molecule has 19 heavy (non-hydrogen) atoms. The normalized spacial score (nSPS) is 36.0. The van der Waals surface area contributed by atoms with E-state index in [1.54, 1.807) is 4.90 Å². The van der Waals surface area contributed by atoms with Gasteiger partial charge in [0.15, 0.2) is 0 Å². The lowest BCUT2D eigenvalue weighted by molar-refractivity contribution is -0.152. The molecule has 0 aromatic rings. The Bertz CT molecular complexity index is 361. The minimum Gasteiger partial charge on any atom is -0.377 e. The third-order valence-electron chi connectivity index (χ3n) is 4.27. The first-order valence-electron chi connectivity index (χ1n) is 6.93. The maximum atomic E-state index is 12.6. The summed E-state index contributed by atoms with van der Waals surface area (Å²) in [6.45, 7) is 3.18. The summed E-state index contributed by atoms with van der Waals surface area (Å²) < 4.78 is 5.24. The smallest absolute Gasteiger partial charge is 0.242 e. The van der Waals surface area contributed by atoms with E-state index < -0.39 is 11.9 Å². The number of hydrogen-bond donors (Lipinski definition) is 2. The van der Waals surface area contributed by atoms with E-state index in [0.29, 0.717) is 13.2 Å². The summed E-state index contributed by atoms with van der Waals surface area (Å²) in [7, 11) is 0. The molecular weight excluding hydrogens is 246 g/mol. The topological polar surface area (TPSA) is 98.7 Å². The lowest BCUT2D eigenvalue weighted by atomic mass is 9.77. The van der Waals surface area contributed by atoms with Crippen LogP contribution in [0.1, 0.15) is 26.2 Å². The van der Waals surface area contributed by atoms with E-state index in [0.717, 1.165) is 19.3 Å². The molecule has 2 amide bonds. The van der Waals surface area contributed by atoms with Crippen molar-refractivity contribution in [2.24, 2.45) is 23.3 Å². The summed E-state index contributed by atoms with van der Waals surface area (Å²) in [5.74, 6) is -0.243. The molecule has 0 aromatic heterocycles. The number of primary amides is 1. The highest BCUT2D eigenvalue weighted by Gasteiger charge is 2.38. The van der Waals surface area contributed by atoms with Crippen LogP contribution < -0.4 is 11.5 Å². The molecule has 6 heteroatoms. The number of hydrogen-bond acceptors (Lipinski definition) is 4. The minimum absolute atomic E-state index is 0.0338. The molecule has 1 aliphatic carbocycles. The highest BCUT2D eigenvalue weighted by Crippen LogP contribution is 2.31. The summed E-state index contributed by atoms with van der Waals surface area (Å²) in [6.07, 6.45) is 2.53. The molecule has 4 N–H and O–H groups in total. The average molecular weight is 269 g/mol. The molecule has 2 aliphatic rings. The van der Waals surface area contributed by atoms with Crippen molar-refractivity contribution in [2.75, 3.05) is 19.8 Å². The lowest BCUT2D eigenvalue weighted by Gasteiger charge is -2.39. The summed E-state index contributed by atoms with van der Waals surface area (Å²) in [5, 5.41) is 0. The van der Waals surface area contributed by atoms with Gasteiger partial charge in [0.1, 0.15) is 6.04 Å². The molecule has 4 unspecified atom stereocenters. The molecule has 1 heterocycles. The highest BCUT2D eigenvalue weighted by molar-refractivity contribution is 5.88. The number of ether oxygens (including phenoxy) is 1. The van der Waals surface area contributed by atoms with Crippen molar-refractivity contribution in [3.8, 4) is 0 Å². The fourth-order valence-electron chi connectivity index (χ4n) is 3.12. The van der Waals surface area contributed by atoms with Crippen molar-refractivity contribution in [1.82, 2.24) is 4.90 Å². The predicted octanol–water partition coefficient (Wildman–Crippen LogP) is -0.537. The van der Waals surface area contributed by atoms with E-state index in [1.807, 2.05) is 0 Å². The van der Waals surface area contributed by atoms with Crippen LogP contribution in [0.15, 0.2) is 0 Å². The van der Waals surface area contributed by atoms with Crippen LogP contribution in [0.4, 0.5) is 0 Å². The second kappa shape index (κ2) is 5.88. The Balaban J connectivity index is 2.06. The largest absolute Gasteiger partial charge is 0.377 e. The Hall–Kier alpha value is -1.14. The van der Waals surface area contributed by atoms with Crippen molar-refractivity contribution in [1.29, 1.82) is 0 Å². The van der Waals surface area contributed by atoms with Gasteiger partial charge < -0.3 is 21.1 Å². The van der Waals surface area contributed by atoms with Gasteiger partial charge in [0.2, 0.25) is 11.8 Å². The molecule has 0 aromatic carbocycles. The first-order valence-corrected chi connectivity index (χ1v) is 6.93. The number of carbonyl (C=O) groups is 2. The first-order chi connectivity index (χ1) is 9.00. The van der Waals surface area contributed by atoms with Crippen molar-refractivity contribution >= 4 is 11.8 Å². The zero-order valence-corrected chi connectivity index (χ0v) is 11.4. The molecule has 0 radical (unpaired) electrons. The van der Waals surface area contributed by atoms with Gasteiger partial charge in [0.05, 0.1) is 13.2 Å². The standard InChI is InChI=1S/C13H23N3O3/c1-8-6-9(14)2-3-10(8)13(18)16-4-5-19-7-11(16)12(15)17/h8-11H,2-7,14H2,1H3,(H2,15,17). The number of nitrogens with two attached hydrogens (primary N) is 2. The predicted molar refractivity (Wildman–Crippen MR) is 70.0 cm³/mol. The Morgan fingerprint density at radius 2 is 2.05 bits per heavy atom. The van der Waals surface area contributed by atoms with E-state index in [4.69, 9.17) is 16.2 Å². The van der Waals surface area contributed by atoms with Gasteiger partial charge in [0, 0.05) is 18.5 Å². The van der Waals surface area contributed by atoms with E-state index in [2.05, 4.69) is 6.92 Å². The maximum absolute atomic E-state index is 12.6. The molecular formula is C13H23N3O3. The SMILES string of the molecule is CC1CC(N)CCC1C(=O)N1CCOCC1C(N)=O. The van der Waals surface area contributed by atoms with E-state index in [1.165, 1.54) is 0 Å². The van der Waals surface area contributed by atoms with Crippen LogP contribution >= 0.6 is 0 Å². The molecule has 1 saturated heterocycles. The lowest BCUT2D eigenvalue weighted by Crippen LogP contribution is -2.57. The Kier molecular flexibility index (Phi) is 4.42. The zero-order valence-electron chi connectivity index (χ0n) is 11.4. The van der Waals surface area contributed by atoms with Crippen LogP contribution in [0, 0.1) is 11.8 Å². The quantitative estimate of drug-likeness (QED) is 0.703. The van der Waals surface area contributed by atoms with Gasteiger partial charge in [-0.2, -0.15) is 0 Å². The fraction of sp³-hybridized carbons (Fsp3) is 0.846. The van der Waals surface area contributed by atoms with Crippen molar-refractivity contribution in [2.45, 2.75) is 38.3 Å². The number of carbonyl (C=O) groups excluding carboxylic acids is 2. The summed E-state index contributed by atoms with van der Waals surface area (Å²) in [4.78, 5) is 25.6. The molecule has 1 saturated carbocycles. The van der Waals surface area contributed by atoms with Gasteiger partial charge >= 0.3 is 0 Å². The van der Waals surface area contributed by atoms with E-state index >= 15 is 0 Å². The fourth-order valence-corrected chi connectivity index (χ4v) is 3.12. The van der Waals surface area contributed by atoms with E-state index in [-0.39, 0.29) is 30.4 Å². The third-order valence-corrected chi connectivity index (χ3v) is 4.27. The van der Waals surface area contributed by atoms with Gasteiger partial charge in [-0.15, -0.1) is 0 Å². The van der Waals surface area contributed by atoms with Crippen LogP contribution in [0.2, 0.25) is 0 Å². The minimum atomic E-state index is -0.621. The van der Waals surface area contributed by atoms with Gasteiger partial charge in [-0.05, 0) is 25.2 Å². The average Bonchev–Trinajstić information content (AvgIpc) is 2.38. The first kappa shape index (κ1) is 14.3. The van der Waals surface area contributed by atoms with Crippen LogP contribution in [-0.2, 0) is 14.3 Å². The second-order valence-corrected chi connectivity index (χ2v) is 5.68. The van der Waals surface area contributed by atoms with Crippen molar-refractivity contribution in [3.05, 3.63) is 0 Å². The van der Waals surface area contributed by atoms with Crippen LogP contribution in [0.3, 0.4) is 0 Å². The monoisotopic (exact) mass is 269 g/mol. The van der Waals surface area contributed by atoms with Gasteiger partial charge in [-0.25, -0.2) is 0 Å². The molecule has 0 spiro atoms. The van der Waals surface area contributed by atoms with Crippen molar-refractivity contribution < 1.29 is 14.3 Å². The molecule has 2 rings (SSSR count). The second-order valence-electron chi connectivity index (χ2n) is 5.68. The van der Waals surface area contributed by atoms with Gasteiger partial charge in [0.25, 0.3) is 0 Å². The van der Waals surface area contributed by atoms with Crippen LogP contribution in [0.25, 0.3) is 0 Å². The van der Waals surface area contributed by atoms with Crippen molar-refractivity contribution in [3.63, 3.8) is 0 Å². The highest BCUT2D eigenvalue weighted by atomic mass is 16.5. The van der Waals surface area contributed by atoms with Crippen LogP contribution in [0.5, 0.6) is 0 Å². The van der Waals surface area contributed by atoms with Gasteiger partial charge in [-0.3, -0.25) is 9.59 Å². The Morgan fingerprint density at radius 3 is 2.68 bits per heavy atom. The number of morpholine rings is 1. The molecule has 108 valence electrons. The zero-order chi connectivity index (χ0) is 14.0. The van der Waals surface area contributed by atoms with Gasteiger partial charge in [-0.1, -0.05) is 6.92 Å². The Morgan fingerprint density at radius 1 is 1.32 bits per heavy atom. The molecule has 4 atom stereocenters. The maximum Gasteiger partial charge on any atom is 0.242 e. The summed E-state index contributed by atoms with van der Waals surface area (Å²) >= 11 is 0. The molecule has 6 nitrogen and oxygen atoms in total. The molecule has 0 bridgehead atoms. The number of rotatable bonds is 2. The summed E-state index contributed by atoms with van der Waals surface area (Å²) in [5.41, 5.74) is 11.3. The number of amides is 2. The summed E-state index contributed by atoms with van der Waals surface area (Å²) in [6, 6.07) is -0.431.